The van der Waals surface area contributed by atoms with Crippen LogP contribution in [0.1, 0.15) is 32.4 Å². The summed E-state index contributed by atoms with van der Waals surface area (Å²) in [6, 6.07) is 0. The van der Waals surface area contributed by atoms with Gasteiger partial charge in [0.05, 0.1) is 18.1 Å². The topological polar surface area (TPSA) is 39.1 Å². The van der Waals surface area contributed by atoms with Crippen molar-refractivity contribution in [3.05, 3.63) is 18.2 Å². The third-order valence-electron chi connectivity index (χ3n) is 3.53. The Hall–Kier alpha value is -0.870. The first kappa shape index (κ1) is 12.6. The highest BCUT2D eigenvalue weighted by atomic mass is 16.5. The summed E-state index contributed by atoms with van der Waals surface area (Å²) < 4.78 is 8.00. The molecule has 1 aliphatic rings. The molecule has 4 heteroatoms. The summed E-state index contributed by atoms with van der Waals surface area (Å²) in [6.07, 6.45) is 6.63. The Labute approximate surface area is 103 Å². The van der Waals surface area contributed by atoms with E-state index in [9.17, 15) is 0 Å². The highest BCUT2D eigenvalue weighted by molar-refractivity contribution is 4.98. The molecule has 2 heterocycles. The molecule has 1 N–H and O–H groups in total. The van der Waals surface area contributed by atoms with Crippen molar-refractivity contribution in [1.82, 2.24) is 14.9 Å². The first-order valence-electron chi connectivity index (χ1n) is 6.66. The number of rotatable bonds is 6. The zero-order valence-corrected chi connectivity index (χ0v) is 10.9. The Morgan fingerprint density at radius 3 is 3.18 bits per heavy atom. The molecule has 96 valence electrons. The largest absolute Gasteiger partial charge is 0.378 e. The smallest absolute Gasteiger partial charge is 0.0948 e. The number of nitrogens with zero attached hydrogens (tertiary/aromatic N) is 2. The van der Waals surface area contributed by atoms with E-state index in [2.05, 4.69) is 28.7 Å². The van der Waals surface area contributed by atoms with Crippen LogP contribution >= 0.6 is 0 Å². The average Bonchev–Trinajstić information content (AvgIpc) is 2.96. The van der Waals surface area contributed by atoms with Gasteiger partial charge in [0, 0.05) is 31.8 Å². The van der Waals surface area contributed by atoms with Gasteiger partial charge in [-0.3, -0.25) is 0 Å². The second-order valence-electron chi connectivity index (χ2n) is 4.68. The summed E-state index contributed by atoms with van der Waals surface area (Å²) in [7, 11) is 0. The van der Waals surface area contributed by atoms with Gasteiger partial charge in [-0.25, -0.2) is 4.98 Å². The Morgan fingerprint density at radius 2 is 2.41 bits per heavy atom. The Kier molecular flexibility index (Phi) is 4.57. The van der Waals surface area contributed by atoms with Crippen molar-refractivity contribution in [2.45, 2.75) is 45.9 Å². The van der Waals surface area contributed by atoms with Gasteiger partial charge in [-0.2, -0.15) is 0 Å². The lowest BCUT2D eigenvalue weighted by Gasteiger charge is -2.18. The maximum Gasteiger partial charge on any atom is 0.0948 e. The van der Waals surface area contributed by atoms with Crippen molar-refractivity contribution in [2.75, 3.05) is 13.2 Å². The third-order valence-corrected chi connectivity index (χ3v) is 3.53. The second-order valence-corrected chi connectivity index (χ2v) is 4.68. The van der Waals surface area contributed by atoms with Crippen molar-refractivity contribution in [3.8, 4) is 0 Å². The van der Waals surface area contributed by atoms with Gasteiger partial charge in [0.25, 0.3) is 0 Å². The van der Waals surface area contributed by atoms with E-state index in [0.717, 1.165) is 32.7 Å². The Bertz CT molecular complexity index is 337. The van der Waals surface area contributed by atoms with Crippen molar-refractivity contribution >= 4 is 0 Å². The number of nitrogens with one attached hydrogen (secondary N) is 1. The summed E-state index contributed by atoms with van der Waals surface area (Å²) >= 11 is 0. The van der Waals surface area contributed by atoms with Gasteiger partial charge in [-0.05, 0) is 19.4 Å². The summed E-state index contributed by atoms with van der Waals surface area (Å²) in [5.74, 6) is 0.648. The monoisotopic (exact) mass is 237 g/mol. The van der Waals surface area contributed by atoms with Crippen LogP contribution in [0, 0.1) is 5.92 Å². The highest BCUT2D eigenvalue weighted by Gasteiger charge is 2.27. The fraction of sp³-hybridized carbons (Fsp3) is 0.769. The van der Waals surface area contributed by atoms with Gasteiger partial charge in [-0.1, -0.05) is 13.8 Å². The fourth-order valence-corrected chi connectivity index (χ4v) is 2.52. The van der Waals surface area contributed by atoms with Gasteiger partial charge in [0.2, 0.25) is 0 Å². The van der Waals surface area contributed by atoms with Crippen LogP contribution in [-0.2, 0) is 17.8 Å². The normalized spacial score (nSPS) is 24.4. The summed E-state index contributed by atoms with van der Waals surface area (Å²) in [4.78, 5) is 4.25. The third kappa shape index (κ3) is 3.07. The van der Waals surface area contributed by atoms with Crippen molar-refractivity contribution in [2.24, 2.45) is 5.92 Å². The van der Waals surface area contributed by atoms with Crippen LogP contribution < -0.4 is 5.32 Å². The van der Waals surface area contributed by atoms with Gasteiger partial charge in [0.15, 0.2) is 0 Å². The van der Waals surface area contributed by atoms with Gasteiger partial charge in [-0.15, -0.1) is 0 Å². The summed E-state index contributed by atoms with van der Waals surface area (Å²) in [5, 5.41) is 3.35. The van der Waals surface area contributed by atoms with E-state index >= 15 is 0 Å². The first-order valence-corrected chi connectivity index (χ1v) is 6.66. The van der Waals surface area contributed by atoms with Gasteiger partial charge < -0.3 is 14.6 Å². The molecule has 0 spiro atoms. The maximum atomic E-state index is 5.74. The Balaban J connectivity index is 1.95. The molecule has 1 saturated heterocycles. The average molecular weight is 237 g/mol. The molecular formula is C13H23N3O. The molecular weight excluding hydrogens is 214 g/mol. The van der Waals surface area contributed by atoms with E-state index in [-0.39, 0.29) is 0 Å². The molecule has 17 heavy (non-hydrogen) atoms. The number of hydrogen-bond donors (Lipinski definition) is 1. The van der Waals surface area contributed by atoms with Crippen molar-refractivity contribution in [3.63, 3.8) is 0 Å². The van der Waals surface area contributed by atoms with Gasteiger partial charge >= 0.3 is 0 Å². The molecule has 0 amide bonds. The van der Waals surface area contributed by atoms with E-state index < -0.39 is 0 Å². The van der Waals surface area contributed by atoms with Crippen LogP contribution in [0.3, 0.4) is 0 Å². The number of aromatic nitrogens is 2. The SMILES string of the molecule is CCNCc1cncn1CC1CCOC1CC. The number of imidazole rings is 1. The molecule has 0 bridgehead atoms. The van der Waals surface area contributed by atoms with E-state index in [1.54, 1.807) is 0 Å². The summed E-state index contributed by atoms with van der Waals surface area (Å²) in [6.45, 7) is 8.19. The van der Waals surface area contributed by atoms with E-state index in [1.165, 1.54) is 12.1 Å². The molecule has 0 aliphatic carbocycles. The lowest BCUT2D eigenvalue weighted by atomic mass is 9.99. The predicted octanol–water partition coefficient (Wildman–Crippen LogP) is 1.81. The standard InChI is InChI=1S/C13H23N3O/c1-3-13-11(5-6-17-13)9-16-10-15-8-12(16)7-14-4-2/h8,10-11,13-14H,3-7,9H2,1-2H3. The van der Waals surface area contributed by atoms with Crippen LogP contribution in [0.15, 0.2) is 12.5 Å². The fourth-order valence-electron chi connectivity index (χ4n) is 2.52. The van der Waals surface area contributed by atoms with Crippen LogP contribution in [0.4, 0.5) is 0 Å². The van der Waals surface area contributed by atoms with Crippen LogP contribution in [-0.4, -0.2) is 28.8 Å². The highest BCUT2D eigenvalue weighted by Crippen LogP contribution is 2.25. The molecule has 2 rings (SSSR count). The van der Waals surface area contributed by atoms with Gasteiger partial charge in [0.1, 0.15) is 0 Å². The molecule has 2 atom stereocenters. The minimum Gasteiger partial charge on any atom is -0.378 e. The second kappa shape index (κ2) is 6.17. The molecule has 1 aromatic rings. The van der Waals surface area contributed by atoms with Crippen molar-refractivity contribution < 1.29 is 4.74 Å². The van der Waals surface area contributed by atoms with Crippen LogP contribution in [0.2, 0.25) is 0 Å². The first-order chi connectivity index (χ1) is 8.35. The molecule has 0 radical (unpaired) electrons. The molecule has 0 aromatic carbocycles. The lowest BCUT2D eigenvalue weighted by Crippen LogP contribution is -2.22. The predicted molar refractivity (Wildman–Crippen MR) is 67.7 cm³/mol. The molecule has 4 nitrogen and oxygen atoms in total. The zero-order chi connectivity index (χ0) is 12.1. The van der Waals surface area contributed by atoms with E-state index in [0.29, 0.717) is 12.0 Å². The van der Waals surface area contributed by atoms with Crippen LogP contribution in [0.25, 0.3) is 0 Å². The lowest BCUT2D eigenvalue weighted by molar-refractivity contribution is 0.0833. The maximum absolute atomic E-state index is 5.74. The quantitative estimate of drug-likeness (QED) is 0.820. The molecule has 0 saturated carbocycles. The van der Waals surface area contributed by atoms with Crippen molar-refractivity contribution in [1.29, 1.82) is 0 Å². The minimum atomic E-state index is 0.435. The Morgan fingerprint density at radius 1 is 1.53 bits per heavy atom. The zero-order valence-electron chi connectivity index (χ0n) is 10.9. The molecule has 2 unspecified atom stereocenters. The minimum absolute atomic E-state index is 0.435. The van der Waals surface area contributed by atoms with E-state index in [1.807, 2.05) is 12.5 Å². The van der Waals surface area contributed by atoms with Crippen LogP contribution in [0.5, 0.6) is 0 Å². The molecule has 1 aromatic heterocycles. The summed E-state index contributed by atoms with van der Waals surface area (Å²) in [5.41, 5.74) is 1.27. The molecule has 1 aliphatic heterocycles. The van der Waals surface area contributed by atoms with E-state index in [4.69, 9.17) is 4.74 Å². The number of ether oxygens (including phenoxy) is 1. The molecule has 1 fully saturated rings. The number of hydrogen-bond acceptors (Lipinski definition) is 3.